The monoisotopic (exact) mass is 369 g/mol. The average Bonchev–Trinajstić information content (AvgIpc) is 3.27. The summed E-state index contributed by atoms with van der Waals surface area (Å²) in [6, 6.07) is 14.4. The van der Waals surface area contributed by atoms with Gasteiger partial charge in [-0.25, -0.2) is 0 Å². The number of hydrogen-bond acceptors (Lipinski definition) is 4. The van der Waals surface area contributed by atoms with Crippen molar-refractivity contribution in [3.63, 3.8) is 0 Å². The van der Waals surface area contributed by atoms with Gasteiger partial charge in [-0.15, -0.1) is 0 Å². The molecule has 6 nitrogen and oxygen atoms in total. The first-order valence-electron chi connectivity index (χ1n) is 8.19. The zero-order valence-electron chi connectivity index (χ0n) is 14.0. The molecule has 1 aromatic heterocycles. The lowest BCUT2D eigenvalue weighted by atomic mass is 10.1. The summed E-state index contributed by atoms with van der Waals surface area (Å²) >= 11 is 5.96. The molecule has 4 rings (SSSR count). The van der Waals surface area contributed by atoms with Crippen LogP contribution >= 0.6 is 11.6 Å². The minimum absolute atomic E-state index is 0.221. The Hall–Kier alpha value is -2.99. The van der Waals surface area contributed by atoms with E-state index in [-0.39, 0.29) is 12.7 Å². The number of nitrogens with one attached hydrogen (secondary N) is 1. The summed E-state index contributed by atoms with van der Waals surface area (Å²) in [5.41, 5.74) is 2.70. The second-order valence-electron chi connectivity index (χ2n) is 5.76. The Bertz CT molecular complexity index is 984. The number of aryl methyl sites for hydroxylation is 1. The third-order valence-corrected chi connectivity index (χ3v) is 4.30. The summed E-state index contributed by atoms with van der Waals surface area (Å²) in [5.74, 6) is 1.12. The van der Waals surface area contributed by atoms with Gasteiger partial charge in [-0.2, -0.15) is 5.10 Å². The molecule has 2 aromatic carbocycles. The number of amides is 1. The molecular formula is C19H16ClN3O3. The molecule has 0 unspecified atom stereocenters. The normalized spacial score (nSPS) is 12.2. The standard InChI is InChI=1S/C19H16ClN3O3/c1-2-23-16(12-6-7-17-18(8-12)26-11-25-17)10-15(22-23)19(24)21-14-5-3-4-13(20)9-14/h3-10H,2,11H2,1H3,(H,21,24). The second-order valence-corrected chi connectivity index (χ2v) is 6.20. The summed E-state index contributed by atoms with van der Waals surface area (Å²) in [4.78, 5) is 12.6. The molecule has 0 saturated heterocycles. The lowest BCUT2D eigenvalue weighted by molar-refractivity contribution is 0.102. The van der Waals surface area contributed by atoms with Crippen LogP contribution < -0.4 is 14.8 Å². The van der Waals surface area contributed by atoms with Crippen molar-refractivity contribution in [2.45, 2.75) is 13.5 Å². The van der Waals surface area contributed by atoms with Gasteiger partial charge in [0.15, 0.2) is 17.2 Å². The first kappa shape index (κ1) is 16.5. The van der Waals surface area contributed by atoms with E-state index in [1.54, 1.807) is 35.0 Å². The van der Waals surface area contributed by atoms with E-state index in [9.17, 15) is 4.79 Å². The summed E-state index contributed by atoms with van der Waals surface area (Å²) in [6.45, 7) is 2.83. The van der Waals surface area contributed by atoms with Crippen LogP contribution in [0.4, 0.5) is 5.69 Å². The van der Waals surface area contributed by atoms with E-state index in [0.717, 1.165) is 17.0 Å². The number of benzene rings is 2. The van der Waals surface area contributed by atoms with E-state index in [1.165, 1.54) is 0 Å². The van der Waals surface area contributed by atoms with Gasteiger partial charge in [-0.1, -0.05) is 17.7 Å². The fraction of sp³-hybridized carbons (Fsp3) is 0.158. The van der Waals surface area contributed by atoms with Crippen LogP contribution in [0.25, 0.3) is 11.3 Å². The summed E-state index contributed by atoms with van der Waals surface area (Å²) < 4.78 is 12.6. The Labute approximate surface area is 155 Å². The van der Waals surface area contributed by atoms with Gasteiger partial charge in [-0.05, 0) is 49.4 Å². The molecule has 7 heteroatoms. The summed E-state index contributed by atoms with van der Waals surface area (Å²) in [5, 5.41) is 7.79. The number of hydrogen-bond donors (Lipinski definition) is 1. The van der Waals surface area contributed by atoms with Gasteiger partial charge in [0.25, 0.3) is 5.91 Å². The maximum atomic E-state index is 12.6. The third-order valence-electron chi connectivity index (χ3n) is 4.06. The zero-order valence-corrected chi connectivity index (χ0v) is 14.8. The SMILES string of the molecule is CCn1nc(C(=O)Nc2cccc(Cl)c2)cc1-c1ccc2c(c1)OCO2. The number of ether oxygens (including phenoxy) is 2. The van der Waals surface area contributed by atoms with E-state index >= 15 is 0 Å². The van der Waals surface area contributed by atoms with Crippen molar-refractivity contribution in [1.82, 2.24) is 9.78 Å². The minimum Gasteiger partial charge on any atom is -0.454 e. The highest BCUT2D eigenvalue weighted by atomic mass is 35.5. The fourth-order valence-corrected chi connectivity index (χ4v) is 3.01. The molecule has 0 spiro atoms. The maximum absolute atomic E-state index is 12.6. The predicted molar refractivity (Wildman–Crippen MR) is 98.9 cm³/mol. The van der Waals surface area contributed by atoms with Gasteiger partial charge in [0.05, 0.1) is 5.69 Å². The molecule has 0 saturated carbocycles. The number of carbonyl (C=O) groups excluding carboxylic acids is 1. The average molecular weight is 370 g/mol. The first-order valence-corrected chi connectivity index (χ1v) is 8.56. The van der Waals surface area contributed by atoms with Crippen molar-refractivity contribution in [1.29, 1.82) is 0 Å². The molecule has 1 amide bonds. The lowest BCUT2D eigenvalue weighted by Gasteiger charge is -2.05. The summed E-state index contributed by atoms with van der Waals surface area (Å²) in [6.07, 6.45) is 0. The highest BCUT2D eigenvalue weighted by molar-refractivity contribution is 6.30. The topological polar surface area (TPSA) is 65.4 Å². The predicted octanol–water partition coefficient (Wildman–Crippen LogP) is 4.20. The van der Waals surface area contributed by atoms with Gasteiger partial charge in [-0.3, -0.25) is 9.48 Å². The Kier molecular flexibility index (Phi) is 4.26. The van der Waals surface area contributed by atoms with E-state index < -0.39 is 0 Å². The van der Waals surface area contributed by atoms with Crippen molar-refractivity contribution in [2.24, 2.45) is 0 Å². The van der Waals surface area contributed by atoms with E-state index in [4.69, 9.17) is 21.1 Å². The van der Waals surface area contributed by atoms with Crippen molar-refractivity contribution in [3.05, 3.63) is 59.2 Å². The molecule has 0 radical (unpaired) electrons. The molecule has 3 aromatic rings. The molecule has 1 aliphatic rings. The fourth-order valence-electron chi connectivity index (χ4n) is 2.82. The number of carbonyl (C=O) groups is 1. The Morgan fingerprint density at radius 2 is 2.04 bits per heavy atom. The minimum atomic E-state index is -0.290. The van der Waals surface area contributed by atoms with Crippen LogP contribution in [0.5, 0.6) is 11.5 Å². The molecule has 132 valence electrons. The van der Waals surface area contributed by atoms with Crippen molar-refractivity contribution in [2.75, 3.05) is 12.1 Å². The number of nitrogens with zero attached hydrogens (tertiary/aromatic N) is 2. The van der Waals surface area contributed by atoms with Gasteiger partial charge >= 0.3 is 0 Å². The second kappa shape index (κ2) is 6.72. The maximum Gasteiger partial charge on any atom is 0.276 e. The largest absolute Gasteiger partial charge is 0.454 e. The van der Waals surface area contributed by atoms with Crippen LogP contribution in [-0.4, -0.2) is 22.5 Å². The zero-order chi connectivity index (χ0) is 18.1. The molecular weight excluding hydrogens is 354 g/mol. The molecule has 0 fully saturated rings. The van der Waals surface area contributed by atoms with Crippen LogP contribution in [0.3, 0.4) is 0 Å². The van der Waals surface area contributed by atoms with Gasteiger partial charge in [0.1, 0.15) is 0 Å². The number of rotatable bonds is 4. The molecule has 0 bridgehead atoms. The van der Waals surface area contributed by atoms with Crippen LogP contribution in [0, 0.1) is 0 Å². The molecule has 26 heavy (non-hydrogen) atoms. The van der Waals surface area contributed by atoms with E-state index in [0.29, 0.717) is 28.7 Å². The van der Waals surface area contributed by atoms with Crippen LogP contribution in [0.2, 0.25) is 5.02 Å². The van der Waals surface area contributed by atoms with E-state index in [2.05, 4.69) is 10.4 Å². The van der Waals surface area contributed by atoms with Crippen LogP contribution in [-0.2, 0) is 6.54 Å². The number of halogens is 1. The lowest BCUT2D eigenvalue weighted by Crippen LogP contribution is -2.13. The van der Waals surface area contributed by atoms with Gasteiger partial charge in [0.2, 0.25) is 6.79 Å². The van der Waals surface area contributed by atoms with Crippen molar-refractivity contribution in [3.8, 4) is 22.8 Å². The van der Waals surface area contributed by atoms with Gasteiger partial charge < -0.3 is 14.8 Å². The Balaban J connectivity index is 1.64. The van der Waals surface area contributed by atoms with Gasteiger partial charge in [0, 0.05) is 22.8 Å². The third kappa shape index (κ3) is 3.11. The highest BCUT2D eigenvalue weighted by Gasteiger charge is 2.18. The van der Waals surface area contributed by atoms with Crippen LogP contribution in [0.15, 0.2) is 48.5 Å². The molecule has 0 aliphatic carbocycles. The number of anilines is 1. The smallest absolute Gasteiger partial charge is 0.276 e. The number of fused-ring (bicyclic) bond motifs is 1. The van der Waals surface area contributed by atoms with Crippen molar-refractivity contribution >= 4 is 23.2 Å². The molecule has 1 N–H and O–H groups in total. The van der Waals surface area contributed by atoms with E-state index in [1.807, 2.05) is 25.1 Å². The summed E-state index contributed by atoms with van der Waals surface area (Å²) in [7, 11) is 0. The first-order chi connectivity index (χ1) is 12.6. The Morgan fingerprint density at radius 1 is 1.19 bits per heavy atom. The van der Waals surface area contributed by atoms with Crippen molar-refractivity contribution < 1.29 is 14.3 Å². The molecule has 1 aliphatic heterocycles. The number of aromatic nitrogens is 2. The van der Waals surface area contributed by atoms with Crippen LogP contribution in [0.1, 0.15) is 17.4 Å². The Morgan fingerprint density at radius 3 is 2.85 bits per heavy atom. The quantitative estimate of drug-likeness (QED) is 0.748. The molecule has 0 atom stereocenters. The highest BCUT2D eigenvalue weighted by Crippen LogP contribution is 2.36. The molecule has 2 heterocycles.